The summed E-state index contributed by atoms with van der Waals surface area (Å²) in [5.41, 5.74) is 0.442. The molecule has 0 aromatic carbocycles. The summed E-state index contributed by atoms with van der Waals surface area (Å²) in [6.07, 6.45) is 1.84. The van der Waals surface area contributed by atoms with Crippen LogP contribution in [-0.2, 0) is 9.84 Å². The van der Waals surface area contributed by atoms with E-state index >= 15 is 0 Å². The molecule has 2 rings (SSSR count). The van der Waals surface area contributed by atoms with Crippen LogP contribution in [0.3, 0.4) is 0 Å². The van der Waals surface area contributed by atoms with E-state index in [0.717, 1.165) is 0 Å². The molecule has 0 spiro atoms. The van der Waals surface area contributed by atoms with E-state index in [2.05, 4.69) is 26.2 Å². The van der Waals surface area contributed by atoms with Crippen molar-refractivity contribution >= 4 is 37.3 Å². The van der Waals surface area contributed by atoms with Gasteiger partial charge in [0.25, 0.3) is 5.69 Å². The molecule has 1 atom stereocenters. The van der Waals surface area contributed by atoms with Crippen molar-refractivity contribution in [2.45, 2.75) is 13.3 Å². The molecule has 1 saturated heterocycles. The third kappa shape index (κ3) is 3.26. The summed E-state index contributed by atoms with van der Waals surface area (Å²) in [6.45, 7) is 2.12. The number of rotatable bonds is 4. The number of nitro groups is 1. The van der Waals surface area contributed by atoms with Crippen LogP contribution < -0.4 is 5.32 Å². The summed E-state index contributed by atoms with van der Waals surface area (Å²) >= 11 is 3.28. The maximum atomic E-state index is 11.4. The first-order valence-corrected chi connectivity index (χ1v) is 8.65. The fourth-order valence-electron chi connectivity index (χ4n) is 2.15. The number of sulfone groups is 1. The summed E-state index contributed by atoms with van der Waals surface area (Å²) in [4.78, 5) is 14.3. The quantitative estimate of drug-likeness (QED) is 0.647. The van der Waals surface area contributed by atoms with Gasteiger partial charge in [-0.25, -0.2) is 13.4 Å². The van der Waals surface area contributed by atoms with Gasteiger partial charge in [0.2, 0.25) is 0 Å². The van der Waals surface area contributed by atoms with Crippen LogP contribution in [0.5, 0.6) is 0 Å². The molecule has 2 heterocycles. The lowest BCUT2D eigenvalue weighted by Gasteiger charge is -2.12. The normalized spacial score (nSPS) is 20.8. The van der Waals surface area contributed by atoms with Crippen LogP contribution in [0.4, 0.5) is 11.5 Å². The maximum absolute atomic E-state index is 11.4. The van der Waals surface area contributed by atoms with Crippen molar-refractivity contribution in [1.29, 1.82) is 0 Å². The molecule has 20 heavy (non-hydrogen) atoms. The maximum Gasteiger partial charge on any atom is 0.291 e. The largest absolute Gasteiger partial charge is 0.369 e. The van der Waals surface area contributed by atoms with Gasteiger partial charge in [-0.1, -0.05) is 0 Å². The molecule has 1 unspecified atom stereocenters. The Bertz CT molecular complexity index is 647. The van der Waals surface area contributed by atoms with Crippen LogP contribution in [-0.4, -0.2) is 36.4 Å². The monoisotopic (exact) mass is 363 g/mol. The number of halogens is 1. The molecule has 7 nitrogen and oxygen atoms in total. The zero-order chi connectivity index (χ0) is 14.9. The molecule has 1 aliphatic heterocycles. The second kappa shape index (κ2) is 5.65. The first-order valence-electron chi connectivity index (χ1n) is 6.04. The van der Waals surface area contributed by atoms with Gasteiger partial charge in [-0.2, -0.15) is 0 Å². The molecule has 110 valence electrons. The number of hydrogen-bond acceptors (Lipinski definition) is 6. The minimum absolute atomic E-state index is 0.0501. The Hall–Kier alpha value is -1.22. The van der Waals surface area contributed by atoms with Gasteiger partial charge < -0.3 is 5.32 Å². The molecule has 1 fully saturated rings. The second-order valence-electron chi connectivity index (χ2n) is 4.84. The number of aromatic nitrogens is 1. The first kappa shape index (κ1) is 15.2. The number of nitrogens with one attached hydrogen (secondary N) is 1. The second-order valence-corrected chi connectivity index (χ2v) is 7.86. The summed E-state index contributed by atoms with van der Waals surface area (Å²) in [5.74, 6) is 0.971. The highest BCUT2D eigenvalue weighted by Gasteiger charge is 2.28. The van der Waals surface area contributed by atoms with E-state index in [1.54, 1.807) is 6.92 Å². The predicted octanol–water partition coefficient (Wildman–Crippen LogP) is 1.91. The summed E-state index contributed by atoms with van der Waals surface area (Å²) in [5, 5.41) is 13.8. The minimum atomic E-state index is -2.90. The van der Waals surface area contributed by atoms with Gasteiger partial charge in [-0.15, -0.1) is 0 Å². The van der Waals surface area contributed by atoms with Gasteiger partial charge in [0.15, 0.2) is 9.84 Å². The Morgan fingerprint density at radius 3 is 2.85 bits per heavy atom. The molecule has 0 bridgehead atoms. The topological polar surface area (TPSA) is 102 Å². The van der Waals surface area contributed by atoms with Crippen molar-refractivity contribution in [3.63, 3.8) is 0 Å². The third-order valence-corrected chi connectivity index (χ3v) is 6.13. The lowest BCUT2D eigenvalue weighted by molar-refractivity contribution is -0.385. The zero-order valence-electron chi connectivity index (χ0n) is 10.8. The van der Waals surface area contributed by atoms with Crippen LogP contribution in [0.25, 0.3) is 0 Å². The van der Waals surface area contributed by atoms with Crippen molar-refractivity contribution in [2.24, 2.45) is 5.92 Å². The molecule has 9 heteroatoms. The van der Waals surface area contributed by atoms with E-state index in [9.17, 15) is 18.5 Å². The number of hydrogen-bond donors (Lipinski definition) is 1. The molecule has 0 aliphatic carbocycles. The Labute approximate surface area is 125 Å². The highest BCUT2D eigenvalue weighted by atomic mass is 79.9. The van der Waals surface area contributed by atoms with E-state index in [1.165, 1.54) is 6.20 Å². The van der Waals surface area contributed by atoms with Crippen LogP contribution in [0, 0.1) is 23.0 Å². The van der Waals surface area contributed by atoms with Crippen LogP contribution in [0.1, 0.15) is 12.0 Å². The Morgan fingerprint density at radius 2 is 2.30 bits per heavy atom. The lowest BCUT2D eigenvalue weighted by Crippen LogP contribution is -2.16. The standard InChI is InChI=1S/C11H14BrN3O4S/c1-7-9(15(16)17)5-14-11(10(7)12)13-4-8-2-3-20(18,19)6-8/h5,8H,2-4,6H2,1H3,(H,13,14). The average molecular weight is 364 g/mol. The number of pyridine rings is 1. The molecule has 1 N–H and O–H groups in total. The predicted molar refractivity (Wildman–Crippen MR) is 78.6 cm³/mol. The van der Waals surface area contributed by atoms with Crippen LogP contribution in [0.15, 0.2) is 10.7 Å². The molecular weight excluding hydrogens is 350 g/mol. The number of anilines is 1. The minimum Gasteiger partial charge on any atom is -0.369 e. The Balaban J connectivity index is 2.08. The molecule has 0 amide bonds. The SMILES string of the molecule is Cc1c([N+](=O)[O-])cnc(NCC2CCS(=O)(=O)C2)c1Br. The van der Waals surface area contributed by atoms with E-state index in [4.69, 9.17) is 0 Å². The van der Waals surface area contributed by atoms with Crippen molar-refractivity contribution in [1.82, 2.24) is 4.98 Å². The summed E-state index contributed by atoms with van der Waals surface area (Å²) < 4.78 is 23.3. The smallest absolute Gasteiger partial charge is 0.291 e. The van der Waals surface area contributed by atoms with Crippen molar-refractivity contribution in [3.8, 4) is 0 Å². The third-order valence-electron chi connectivity index (χ3n) is 3.32. The van der Waals surface area contributed by atoms with Gasteiger partial charge >= 0.3 is 0 Å². The van der Waals surface area contributed by atoms with E-state index in [-0.39, 0.29) is 23.1 Å². The van der Waals surface area contributed by atoms with Crippen LogP contribution in [0.2, 0.25) is 0 Å². The van der Waals surface area contributed by atoms with Crippen molar-refractivity contribution < 1.29 is 13.3 Å². The summed E-state index contributed by atoms with van der Waals surface area (Å²) in [7, 11) is -2.90. The van der Waals surface area contributed by atoms with Crippen LogP contribution >= 0.6 is 15.9 Å². The van der Waals surface area contributed by atoms with Gasteiger partial charge in [0.1, 0.15) is 12.0 Å². The molecule has 1 aromatic rings. The lowest BCUT2D eigenvalue weighted by atomic mass is 10.1. The Kier molecular flexibility index (Phi) is 4.28. The highest BCUT2D eigenvalue weighted by molar-refractivity contribution is 9.10. The van der Waals surface area contributed by atoms with Crippen molar-refractivity contribution in [3.05, 3.63) is 26.3 Å². The Morgan fingerprint density at radius 1 is 1.60 bits per heavy atom. The molecular formula is C11H14BrN3O4S. The van der Waals surface area contributed by atoms with E-state index in [1.807, 2.05) is 0 Å². The first-order chi connectivity index (χ1) is 9.30. The molecule has 0 radical (unpaired) electrons. The fourth-order valence-corrected chi connectivity index (χ4v) is 4.46. The van der Waals surface area contributed by atoms with Gasteiger partial charge in [-0.3, -0.25) is 10.1 Å². The van der Waals surface area contributed by atoms with Crippen molar-refractivity contribution in [2.75, 3.05) is 23.4 Å². The summed E-state index contributed by atoms with van der Waals surface area (Å²) in [6, 6.07) is 0. The zero-order valence-corrected chi connectivity index (χ0v) is 13.2. The molecule has 1 aromatic heterocycles. The van der Waals surface area contributed by atoms with E-state index in [0.29, 0.717) is 28.8 Å². The fraction of sp³-hybridized carbons (Fsp3) is 0.545. The average Bonchev–Trinajstić information content (AvgIpc) is 2.70. The van der Waals surface area contributed by atoms with E-state index < -0.39 is 14.8 Å². The van der Waals surface area contributed by atoms with Gasteiger partial charge in [0, 0.05) is 12.1 Å². The molecule has 1 aliphatic rings. The number of nitrogens with zero attached hydrogens (tertiary/aromatic N) is 2. The molecule has 0 saturated carbocycles. The van der Waals surface area contributed by atoms with Gasteiger partial charge in [-0.05, 0) is 35.2 Å². The van der Waals surface area contributed by atoms with Gasteiger partial charge in [0.05, 0.1) is 20.9 Å². The highest BCUT2D eigenvalue weighted by Crippen LogP contribution is 2.31.